The molecule has 1 aliphatic heterocycles. The van der Waals surface area contributed by atoms with Crippen LogP contribution in [0.25, 0.3) is 5.65 Å². The molecule has 2 N–H and O–H groups in total. The van der Waals surface area contributed by atoms with E-state index in [-0.39, 0.29) is 24.0 Å². The summed E-state index contributed by atoms with van der Waals surface area (Å²) in [6.45, 7) is 14.5. The molecule has 0 radical (unpaired) electrons. The number of fused-ring (bicyclic) bond motifs is 1. The minimum absolute atomic E-state index is 0. The number of nitrogens with one attached hydrogen (secondary N) is 2. The number of guanidine groups is 1. The zero-order chi connectivity index (χ0) is 19.1. The molecule has 0 bridgehead atoms. The van der Waals surface area contributed by atoms with Gasteiger partial charge in [-0.3, -0.25) is 9.30 Å². The fourth-order valence-corrected chi connectivity index (χ4v) is 3.38. The average molecular weight is 500 g/mol. The first-order chi connectivity index (χ1) is 13.2. The molecule has 3 rings (SSSR count). The summed E-state index contributed by atoms with van der Waals surface area (Å²) < 4.78 is 1.98. The summed E-state index contributed by atoms with van der Waals surface area (Å²) >= 11 is 0. The first kappa shape index (κ1) is 22.8. The lowest BCUT2D eigenvalue weighted by molar-refractivity contribution is 0.107. The monoisotopic (exact) mass is 500 g/mol. The largest absolute Gasteiger partial charge is 0.357 e. The first-order valence-corrected chi connectivity index (χ1v) is 9.98. The molecule has 0 aromatic carbocycles. The summed E-state index contributed by atoms with van der Waals surface area (Å²) in [6, 6.07) is 6.36. The van der Waals surface area contributed by atoms with Crippen molar-refractivity contribution >= 4 is 35.6 Å². The highest BCUT2D eigenvalue weighted by atomic mass is 127. The van der Waals surface area contributed by atoms with E-state index in [4.69, 9.17) is 4.99 Å². The number of rotatable bonds is 7. The third kappa shape index (κ3) is 6.02. The quantitative estimate of drug-likeness (QED) is 0.341. The normalized spacial score (nSPS) is 17.3. The molecule has 0 spiro atoms. The molecule has 3 heterocycles. The van der Waals surface area contributed by atoms with Crippen LogP contribution in [0.3, 0.4) is 0 Å². The number of piperazine rings is 1. The van der Waals surface area contributed by atoms with Crippen LogP contribution in [0.5, 0.6) is 0 Å². The highest BCUT2D eigenvalue weighted by molar-refractivity contribution is 14.0. The fraction of sp³-hybridized carbons (Fsp3) is 0.632. The van der Waals surface area contributed by atoms with Crippen LogP contribution in [0.15, 0.2) is 29.4 Å². The van der Waals surface area contributed by atoms with E-state index in [0.717, 1.165) is 63.2 Å². The number of aromatic nitrogens is 3. The molecule has 2 aromatic heterocycles. The lowest BCUT2D eigenvalue weighted by atomic mass is 10.2. The van der Waals surface area contributed by atoms with Crippen molar-refractivity contribution in [3.05, 3.63) is 30.2 Å². The maximum absolute atomic E-state index is 4.69. The Balaban J connectivity index is 0.00000280. The summed E-state index contributed by atoms with van der Waals surface area (Å²) in [7, 11) is 0. The van der Waals surface area contributed by atoms with E-state index in [1.165, 1.54) is 0 Å². The first-order valence-electron chi connectivity index (χ1n) is 9.98. The number of hydrogen-bond acceptors (Lipinski definition) is 5. The standard InChI is InChI=1S/C19H32N8.HI/c1-4-20-19(21-14-16(3)26-12-10-25(5-2)11-13-26)22-15-18-24-23-17-8-6-7-9-27(17)18;/h6-9,16H,4-5,10-15H2,1-3H3,(H2,20,21,22);1H. The van der Waals surface area contributed by atoms with Crippen molar-refractivity contribution in [3.8, 4) is 0 Å². The van der Waals surface area contributed by atoms with Gasteiger partial charge in [0.15, 0.2) is 17.4 Å². The Hall–Kier alpha value is -1.46. The summed E-state index contributed by atoms with van der Waals surface area (Å²) in [5.74, 6) is 1.66. The van der Waals surface area contributed by atoms with Gasteiger partial charge in [0, 0.05) is 51.5 Å². The van der Waals surface area contributed by atoms with Crippen LogP contribution in [0.2, 0.25) is 0 Å². The van der Waals surface area contributed by atoms with Crippen LogP contribution in [-0.4, -0.2) is 82.2 Å². The van der Waals surface area contributed by atoms with Gasteiger partial charge in [-0.05, 0) is 32.5 Å². The van der Waals surface area contributed by atoms with Gasteiger partial charge in [0.05, 0.1) is 0 Å². The Bertz CT molecular complexity index is 738. The van der Waals surface area contributed by atoms with Gasteiger partial charge >= 0.3 is 0 Å². The summed E-state index contributed by atoms with van der Waals surface area (Å²) in [5, 5.41) is 15.2. The predicted molar refractivity (Wildman–Crippen MR) is 124 cm³/mol. The highest BCUT2D eigenvalue weighted by Crippen LogP contribution is 2.06. The number of aliphatic imine (C=N–C) groups is 1. The third-order valence-corrected chi connectivity index (χ3v) is 5.15. The van der Waals surface area contributed by atoms with Crippen LogP contribution >= 0.6 is 24.0 Å². The van der Waals surface area contributed by atoms with E-state index < -0.39 is 0 Å². The molecule has 2 aromatic rings. The average Bonchev–Trinajstić information content (AvgIpc) is 3.13. The summed E-state index contributed by atoms with van der Waals surface area (Å²) in [5.41, 5.74) is 0.848. The highest BCUT2D eigenvalue weighted by Gasteiger charge is 2.20. The van der Waals surface area contributed by atoms with Crippen LogP contribution in [-0.2, 0) is 6.54 Å². The van der Waals surface area contributed by atoms with E-state index >= 15 is 0 Å². The zero-order valence-electron chi connectivity index (χ0n) is 17.1. The molecule has 1 fully saturated rings. The SMILES string of the molecule is CCNC(=NCc1nnc2ccccn12)NCC(C)N1CCN(CC)CC1.I. The molecule has 156 valence electrons. The topological polar surface area (TPSA) is 73.1 Å². The van der Waals surface area contributed by atoms with Crippen molar-refractivity contribution in [3.63, 3.8) is 0 Å². The van der Waals surface area contributed by atoms with Gasteiger partial charge in [-0.25, -0.2) is 4.99 Å². The molecule has 9 heteroatoms. The molecule has 1 atom stereocenters. The minimum Gasteiger partial charge on any atom is -0.357 e. The van der Waals surface area contributed by atoms with Crippen molar-refractivity contribution in [1.82, 2.24) is 35.0 Å². The van der Waals surface area contributed by atoms with Crippen molar-refractivity contribution in [2.24, 2.45) is 4.99 Å². The Kier molecular flexibility index (Phi) is 9.39. The Morgan fingerprint density at radius 1 is 1.14 bits per heavy atom. The Morgan fingerprint density at radius 3 is 2.64 bits per heavy atom. The van der Waals surface area contributed by atoms with Gasteiger partial charge in [0.25, 0.3) is 0 Å². The fourth-order valence-electron chi connectivity index (χ4n) is 3.38. The van der Waals surface area contributed by atoms with E-state index in [9.17, 15) is 0 Å². The third-order valence-electron chi connectivity index (χ3n) is 5.15. The zero-order valence-corrected chi connectivity index (χ0v) is 19.5. The van der Waals surface area contributed by atoms with Gasteiger partial charge in [-0.2, -0.15) is 0 Å². The maximum atomic E-state index is 4.69. The van der Waals surface area contributed by atoms with Crippen molar-refractivity contribution in [1.29, 1.82) is 0 Å². The van der Waals surface area contributed by atoms with Gasteiger partial charge in [0.1, 0.15) is 6.54 Å². The number of hydrogen-bond donors (Lipinski definition) is 2. The van der Waals surface area contributed by atoms with Crippen LogP contribution in [0, 0.1) is 0 Å². The van der Waals surface area contributed by atoms with Crippen LogP contribution < -0.4 is 10.6 Å². The lowest BCUT2D eigenvalue weighted by Crippen LogP contribution is -2.53. The molecule has 0 amide bonds. The van der Waals surface area contributed by atoms with E-state index in [0.29, 0.717) is 12.6 Å². The number of halogens is 1. The van der Waals surface area contributed by atoms with E-state index in [1.807, 2.05) is 28.8 Å². The molecule has 1 aliphatic rings. The molecule has 0 saturated carbocycles. The van der Waals surface area contributed by atoms with E-state index in [2.05, 4.69) is 51.4 Å². The number of nitrogens with zero attached hydrogens (tertiary/aromatic N) is 6. The van der Waals surface area contributed by atoms with Crippen LogP contribution in [0.4, 0.5) is 0 Å². The summed E-state index contributed by atoms with van der Waals surface area (Å²) in [6.07, 6.45) is 1.97. The van der Waals surface area contributed by atoms with Gasteiger partial charge in [-0.1, -0.05) is 13.0 Å². The van der Waals surface area contributed by atoms with Gasteiger partial charge in [0.2, 0.25) is 0 Å². The smallest absolute Gasteiger partial charge is 0.191 e. The second-order valence-corrected chi connectivity index (χ2v) is 6.94. The molecule has 1 unspecified atom stereocenters. The molecule has 0 aliphatic carbocycles. The second kappa shape index (κ2) is 11.5. The van der Waals surface area contributed by atoms with Gasteiger partial charge in [-0.15, -0.1) is 34.2 Å². The minimum atomic E-state index is 0. The molecular weight excluding hydrogens is 467 g/mol. The van der Waals surface area contributed by atoms with Gasteiger partial charge < -0.3 is 15.5 Å². The second-order valence-electron chi connectivity index (χ2n) is 6.94. The Labute approximate surface area is 184 Å². The Morgan fingerprint density at radius 2 is 1.93 bits per heavy atom. The summed E-state index contributed by atoms with van der Waals surface area (Å²) in [4.78, 5) is 9.75. The lowest BCUT2D eigenvalue weighted by Gasteiger charge is -2.37. The van der Waals surface area contributed by atoms with Crippen molar-refractivity contribution in [2.75, 3.05) is 45.8 Å². The van der Waals surface area contributed by atoms with Crippen molar-refractivity contribution < 1.29 is 0 Å². The molecule has 1 saturated heterocycles. The predicted octanol–water partition coefficient (Wildman–Crippen LogP) is 1.43. The molecule has 28 heavy (non-hydrogen) atoms. The van der Waals surface area contributed by atoms with E-state index in [1.54, 1.807) is 0 Å². The number of pyridine rings is 1. The molecular formula is C19H33IN8. The van der Waals surface area contributed by atoms with Crippen molar-refractivity contribution in [2.45, 2.75) is 33.4 Å². The van der Waals surface area contributed by atoms with Crippen LogP contribution in [0.1, 0.15) is 26.6 Å². The maximum Gasteiger partial charge on any atom is 0.191 e. The molecule has 8 nitrogen and oxygen atoms in total. The number of likely N-dealkylation sites (N-methyl/N-ethyl adjacent to an activating group) is 1.